The van der Waals surface area contributed by atoms with Crippen LogP contribution in [0.3, 0.4) is 0 Å². The van der Waals surface area contributed by atoms with E-state index in [0.29, 0.717) is 32.5 Å². The molecule has 4 aliphatic rings. The number of ether oxygens (including phenoxy) is 2. The van der Waals surface area contributed by atoms with E-state index in [9.17, 15) is 19.5 Å². The Bertz CT molecular complexity index is 936. The Hall–Kier alpha value is -2.65. The standard InChI is InChI=1S/C25H33N3O6/c1-17-23(31)28-19(7-8-21(30)26-12-11-25(9-10-25)20(29)13-26)16-33-22(28)14-27(17)24(32)34-15-18-5-3-2-4-6-18/h2-6,17,19-20,22,29H,7-16H2,1H3/t17-,19-,20+,22+/m0/s1. The summed E-state index contributed by atoms with van der Waals surface area (Å²) in [7, 11) is 0. The normalized spacial score (nSPS) is 29.8. The molecule has 184 valence electrons. The molecular weight excluding hydrogens is 438 g/mol. The van der Waals surface area contributed by atoms with Crippen molar-refractivity contribution < 1.29 is 29.0 Å². The Kier molecular flexibility index (Phi) is 6.24. The molecule has 3 amide bonds. The average Bonchev–Trinajstić information content (AvgIpc) is 3.51. The molecule has 1 N–H and O–H groups in total. The van der Waals surface area contributed by atoms with Gasteiger partial charge in [0.15, 0.2) is 6.23 Å². The van der Waals surface area contributed by atoms with Crippen molar-refractivity contribution in [2.45, 2.75) is 70.1 Å². The zero-order chi connectivity index (χ0) is 23.9. The number of piperazine rings is 1. The molecule has 1 aromatic rings. The molecule has 0 bridgehead atoms. The number of carbonyl (C=O) groups is 3. The van der Waals surface area contributed by atoms with Crippen molar-refractivity contribution in [2.24, 2.45) is 5.41 Å². The monoisotopic (exact) mass is 471 g/mol. The summed E-state index contributed by atoms with van der Waals surface area (Å²) in [5.74, 6) is -0.173. The van der Waals surface area contributed by atoms with Crippen molar-refractivity contribution in [3.05, 3.63) is 35.9 Å². The largest absolute Gasteiger partial charge is 0.445 e. The van der Waals surface area contributed by atoms with Gasteiger partial charge in [-0.05, 0) is 43.6 Å². The highest BCUT2D eigenvalue weighted by Crippen LogP contribution is 2.53. The lowest BCUT2D eigenvalue weighted by molar-refractivity contribution is -0.152. The van der Waals surface area contributed by atoms with Crippen LogP contribution in [0.25, 0.3) is 0 Å². The summed E-state index contributed by atoms with van der Waals surface area (Å²) in [6, 6.07) is 8.54. The van der Waals surface area contributed by atoms with Crippen molar-refractivity contribution >= 4 is 17.9 Å². The van der Waals surface area contributed by atoms with Crippen LogP contribution < -0.4 is 0 Å². The Morgan fingerprint density at radius 1 is 1.18 bits per heavy atom. The molecule has 1 spiro atoms. The van der Waals surface area contributed by atoms with Crippen LogP contribution >= 0.6 is 0 Å². The first-order chi connectivity index (χ1) is 16.4. The second kappa shape index (κ2) is 9.19. The molecule has 1 aliphatic carbocycles. The van der Waals surface area contributed by atoms with E-state index < -0.39 is 24.5 Å². The third-order valence-electron chi connectivity index (χ3n) is 7.97. The van der Waals surface area contributed by atoms with Gasteiger partial charge in [-0.1, -0.05) is 30.3 Å². The highest BCUT2D eigenvalue weighted by atomic mass is 16.6. The lowest BCUT2D eigenvalue weighted by atomic mass is 9.90. The number of hydrogen-bond acceptors (Lipinski definition) is 6. The van der Waals surface area contributed by atoms with Crippen LogP contribution in [0.15, 0.2) is 30.3 Å². The van der Waals surface area contributed by atoms with Gasteiger partial charge in [0.05, 0.1) is 25.3 Å². The van der Waals surface area contributed by atoms with Crippen LogP contribution in [-0.4, -0.2) is 88.4 Å². The molecular formula is C25H33N3O6. The van der Waals surface area contributed by atoms with Crippen molar-refractivity contribution in [3.63, 3.8) is 0 Å². The quantitative estimate of drug-likeness (QED) is 0.702. The van der Waals surface area contributed by atoms with Gasteiger partial charge in [0.1, 0.15) is 12.6 Å². The number of carbonyl (C=O) groups excluding carboxylic acids is 3. The Morgan fingerprint density at radius 2 is 1.94 bits per heavy atom. The molecule has 4 fully saturated rings. The fourth-order valence-corrected chi connectivity index (χ4v) is 5.45. The molecule has 5 rings (SSSR count). The maximum atomic E-state index is 13.1. The number of amides is 3. The van der Waals surface area contributed by atoms with Gasteiger partial charge in [-0.25, -0.2) is 4.79 Å². The second-order valence-corrected chi connectivity index (χ2v) is 10.1. The Balaban J connectivity index is 1.13. The van der Waals surface area contributed by atoms with E-state index in [1.165, 1.54) is 4.90 Å². The summed E-state index contributed by atoms with van der Waals surface area (Å²) in [5.41, 5.74) is 0.942. The minimum Gasteiger partial charge on any atom is -0.445 e. The zero-order valence-corrected chi connectivity index (χ0v) is 19.6. The van der Waals surface area contributed by atoms with Crippen molar-refractivity contribution in [3.8, 4) is 0 Å². The summed E-state index contributed by atoms with van der Waals surface area (Å²) < 4.78 is 11.3. The topological polar surface area (TPSA) is 99.6 Å². The molecule has 3 saturated heterocycles. The first-order valence-electron chi connectivity index (χ1n) is 12.2. The van der Waals surface area contributed by atoms with E-state index in [4.69, 9.17) is 9.47 Å². The molecule has 34 heavy (non-hydrogen) atoms. The van der Waals surface area contributed by atoms with Gasteiger partial charge in [0.2, 0.25) is 11.8 Å². The highest BCUT2D eigenvalue weighted by molar-refractivity contribution is 5.87. The van der Waals surface area contributed by atoms with Gasteiger partial charge in [0, 0.05) is 19.5 Å². The molecule has 9 heteroatoms. The number of nitrogens with zero attached hydrogens (tertiary/aromatic N) is 3. The fourth-order valence-electron chi connectivity index (χ4n) is 5.45. The fraction of sp³-hybridized carbons (Fsp3) is 0.640. The van der Waals surface area contributed by atoms with E-state index in [1.807, 2.05) is 30.3 Å². The zero-order valence-electron chi connectivity index (χ0n) is 19.6. The molecule has 1 saturated carbocycles. The maximum Gasteiger partial charge on any atom is 0.410 e. The number of benzene rings is 1. The van der Waals surface area contributed by atoms with E-state index in [-0.39, 0.29) is 36.4 Å². The molecule has 9 nitrogen and oxygen atoms in total. The van der Waals surface area contributed by atoms with Crippen molar-refractivity contribution in [1.29, 1.82) is 0 Å². The number of aliphatic hydroxyl groups excluding tert-OH is 1. The van der Waals surface area contributed by atoms with Gasteiger partial charge in [-0.3, -0.25) is 14.5 Å². The third-order valence-corrected chi connectivity index (χ3v) is 7.97. The van der Waals surface area contributed by atoms with Crippen LogP contribution in [0.5, 0.6) is 0 Å². The predicted molar refractivity (Wildman–Crippen MR) is 121 cm³/mol. The first-order valence-corrected chi connectivity index (χ1v) is 12.2. The van der Waals surface area contributed by atoms with Crippen LogP contribution in [0.1, 0.15) is 44.6 Å². The molecule has 1 aromatic carbocycles. The summed E-state index contributed by atoms with van der Waals surface area (Å²) in [4.78, 5) is 43.5. The average molecular weight is 472 g/mol. The first kappa shape index (κ1) is 23.1. The molecule has 0 radical (unpaired) electrons. The number of hydrogen-bond donors (Lipinski definition) is 1. The van der Waals surface area contributed by atoms with Crippen molar-refractivity contribution in [1.82, 2.24) is 14.7 Å². The number of likely N-dealkylation sites (tertiary alicyclic amines) is 1. The van der Waals surface area contributed by atoms with E-state index in [2.05, 4.69) is 0 Å². The molecule has 3 aliphatic heterocycles. The van der Waals surface area contributed by atoms with Gasteiger partial charge >= 0.3 is 6.09 Å². The van der Waals surface area contributed by atoms with Gasteiger partial charge in [0.25, 0.3) is 0 Å². The molecule has 4 atom stereocenters. The number of fused-ring (bicyclic) bond motifs is 1. The number of piperidine rings is 1. The Labute approximate surface area is 199 Å². The highest BCUT2D eigenvalue weighted by Gasteiger charge is 2.52. The van der Waals surface area contributed by atoms with Crippen LogP contribution in [0, 0.1) is 5.41 Å². The summed E-state index contributed by atoms with van der Waals surface area (Å²) in [6.45, 7) is 3.53. The number of rotatable bonds is 5. The van der Waals surface area contributed by atoms with Crippen LogP contribution in [0.4, 0.5) is 4.79 Å². The van der Waals surface area contributed by atoms with Gasteiger partial charge < -0.3 is 24.4 Å². The second-order valence-electron chi connectivity index (χ2n) is 10.1. The molecule has 0 unspecified atom stereocenters. The third kappa shape index (κ3) is 4.38. The minimum atomic E-state index is -0.661. The number of β-amino-alcohol motifs (C(OH)–C–C–N with tert-alkyl or cyclic N) is 1. The van der Waals surface area contributed by atoms with E-state index >= 15 is 0 Å². The summed E-state index contributed by atoms with van der Waals surface area (Å²) in [5, 5.41) is 10.4. The maximum absolute atomic E-state index is 13.1. The van der Waals surface area contributed by atoms with E-state index in [0.717, 1.165) is 24.8 Å². The van der Waals surface area contributed by atoms with Gasteiger partial charge in [-0.2, -0.15) is 0 Å². The number of aliphatic hydroxyl groups is 1. The minimum absolute atomic E-state index is 0.0154. The van der Waals surface area contributed by atoms with Crippen LogP contribution in [-0.2, 0) is 25.7 Å². The van der Waals surface area contributed by atoms with Crippen molar-refractivity contribution in [2.75, 3.05) is 26.2 Å². The van der Waals surface area contributed by atoms with Crippen LogP contribution in [0.2, 0.25) is 0 Å². The molecule has 3 heterocycles. The summed E-state index contributed by atoms with van der Waals surface area (Å²) >= 11 is 0. The smallest absolute Gasteiger partial charge is 0.410 e. The lowest BCUT2D eigenvalue weighted by Crippen LogP contribution is -2.62. The lowest BCUT2D eigenvalue weighted by Gasteiger charge is -2.41. The SMILES string of the molecule is C[C@H]1C(=O)N2[C@@H](CCC(=O)N3CCC4(CC4)[C@H](O)C3)CO[C@@H]2CN1C(=O)OCc1ccccc1. The molecule has 0 aromatic heterocycles. The summed E-state index contributed by atoms with van der Waals surface area (Å²) in [6.07, 6.45) is 2.30. The van der Waals surface area contributed by atoms with Gasteiger partial charge in [-0.15, -0.1) is 0 Å². The van der Waals surface area contributed by atoms with E-state index in [1.54, 1.807) is 16.7 Å². The predicted octanol–water partition coefficient (Wildman–Crippen LogP) is 1.73. The Morgan fingerprint density at radius 3 is 2.65 bits per heavy atom.